The molecule has 18 heavy (non-hydrogen) atoms. The van der Waals surface area contributed by atoms with E-state index in [0.29, 0.717) is 31.0 Å². The summed E-state index contributed by atoms with van der Waals surface area (Å²) in [4.78, 5) is 15.9. The molecule has 1 fully saturated rings. The van der Waals surface area contributed by atoms with Gasteiger partial charge in [-0.1, -0.05) is 24.6 Å². The van der Waals surface area contributed by atoms with Gasteiger partial charge in [-0.2, -0.15) is 13.2 Å². The average Bonchev–Trinajstić information content (AvgIpc) is 2.80. The first-order valence-corrected chi connectivity index (χ1v) is 7.02. The highest BCUT2D eigenvalue weighted by atomic mass is 32.2. The monoisotopic (exact) mass is 280 g/mol. The van der Waals surface area contributed by atoms with Gasteiger partial charge in [-0.3, -0.25) is 9.79 Å². The van der Waals surface area contributed by atoms with Gasteiger partial charge in [0.1, 0.15) is 0 Å². The van der Waals surface area contributed by atoms with Crippen molar-refractivity contribution in [3.8, 4) is 0 Å². The minimum atomic E-state index is -4.28. The van der Waals surface area contributed by atoms with E-state index < -0.39 is 23.9 Å². The van der Waals surface area contributed by atoms with Crippen molar-refractivity contribution in [1.29, 1.82) is 0 Å². The number of halogens is 3. The van der Waals surface area contributed by atoms with E-state index in [4.69, 9.17) is 0 Å². The molecule has 1 heterocycles. The second kappa shape index (κ2) is 5.50. The van der Waals surface area contributed by atoms with Crippen LogP contribution in [0.1, 0.15) is 25.7 Å². The maximum atomic E-state index is 12.8. The molecule has 1 aliphatic heterocycles. The van der Waals surface area contributed by atoms with E-state index in [2.05, 4.69) is 10.3 Å². The SMILES string of the molecule is O=C(NC1=NCCS1)C1CCCCC1C(F)(F)F. The molecule has 3 nitrogen and oxygen atoms in total. The summed E-state index contributed by atoms with van der Waals surface area (Å²) in [6, 6.07) is 0. The molecule has 1 N–H and O–H groups in total. The van der Waals surface area contributed by atoms with Crippen LogP contribution in [0.15, 0.2) is 4.99 Å². The molecule has 2 aliphatic rings. The summed E-state index contributed by atoms with van der Waals surface area (Å²) in [6.45, 7) is 0.619. The van der Waals surface area contributed by atoms with Crippen LogP contribution in [0.2, 0.25) is 0 Å². The van der Waals surface area contributed by atoms with Gasteiger partial charge in [0, 0.05) is 11.7 Å². The van der Waals surface area contributed by atoms with Crippen LogP contribution >= 0.6 is 11.8 Å². The highest BCUT2D eigenvalue weighted by Gasteiger charge is 2.48. The molecular formula is C11H15F3N2OS. The quantitative estimate of drug-likeness (QED) is 0.802. The predicted molar refractivity (Wildman–Crippen MR) is 64.4 cm³/mol. The van der Waals surface area contributed by atoms with Crippen molar-refractivity contribution in [2.24, 2.45) is 16.8 Å². The third-order valence-corrected chi connectivity index (χ3v) is 4.23. The van der Waals surface area contributed by atoms with E-state index in [0.717, 1.165) is 5.75 Å². The van der Waals surface area contributed by atoms with Gasteiger partial charge in [-0.15, -0.1) is 0 Å². The Hall–Kier alpha value is -0.720. The fourth-order valence-electron chi connectivity index (χ4n) is 2.45. The van der Waals surface area contributed by atoms with Gasteiger partial charge in [-0.05, 0) is 12.8 Å². The Morgan fingerprint density at radius 2 is 2.06 bits per heavy atom. The van der Waals surface area contributed by atoms with Gasteiger partial charge >= 0.3 is 6.18 Å². The van der Waals surface area contributed by atoms with Crippen LogP contribution in [0.4, 0.5) is 13.2 Å². The van der Waals surface area contributed by atoms with Crippen LogP contribution in [0.25, 0.3) is 0 Å². The maximum absolute atomic E-state index is 12.8. The number of amidine groups is 1. The molecule has 0 aromatic carbocycles. The third kappa shape index (κ3) is 3.18. The number of nitrogens with zero attached hydrogens (tertiary/aromatic N) is 1. The largest absolute Gasteiger partial charge is 0.392 e. The zero-order valence-corrected chi connectivity index (χ0v) is 10.6. The zero-order chi connectivity index (χ0) is 13.2. The smallest absolute Gasteiger partial charge is 0.305 e. The molecule has 0 bridgehead atoms. The third-order valence-electron chi connectivity index (χ3n) is 3.34. The van der Waals surface area contributed by atoms with E-state index >= 15 is 0 Å². The van der Waals surface area contributed by atoms with Gasteiger partial charge < -0.3 is 5.32 Å². The van der Waals surface area contributed by atoms with E-state index in [1.807, 2.05) is 0 Å². The van der Waals surface area contributed by atoms with Crippen LogP contribution in [0.5, 0.6) is 0 Å². The molecule has 1 saturated carbocycles. The Kier molecular flexibility index (Phi) is 4.19. The van der Waals surface area contributed by atoms with E-state index in [9.17, 15) is 18.0 Å². The minimum Gasteiger partial charge on any atom is -0.305 e. The van der Waals surface area contributed by atoms with E-state index in [1.54, 1.807) is 0 Å². The minimum absolute atomic E-state index is 0.0568. The Bertz CT molecular complexity index is 357. The van der Waals surface area contributed by atoms with E-state index in [1.165, 1.54) is 11.8 Å². The normalized spacial score (nSPS) is 28.9. The molecule has 1 aliphatic carbocycles. The van der Waals surface area contributed by atoms with Gasteiger partial charge in [0.2, 0.25) is 5.91 Å². The van der Waals surface area contributed by atoms with Crippen LogP contribution in [0.3, 0.4) is 0 Å². The molecule has 2 unspecified atom stereocenters. The number of hydrogen-bond donors (Lipinski definition) is 1. The van der Waals surface area contributed by atoms with Crippen LogP contribution in [-0.2, 0) is 4.79 Å². The van der Waals surface area contributed by atoms with E-state index in [-0.39, 0.29) is 6.42 Å². The van der Waals surface area contributed by atoms with Crippen molar-refractivity contribution >= 4 is 22.8 Å². The van der Waals surface area contributed by atoms with Crippen molar-refractivity contribution < 1.29 is 18.0 Å². The molecule has 7 heteroatoms. The van der Waals surface area contributed by atoms with Crippen molar-refractivity contribution in [1.82, 2.24) is 5.32 Å². The molecule has 0 aromatic heterocycles. The topological polar surface area (TPSA) is 41.5 Å². The average molecular weight is 280 g/mol. The molecule has 1 amide bonds. The summed E-state index contributed by atoms with van der Waals surface area (Å²) in [6.07, 6.45) is -2.68. The molecule has 0 aromatic rings. The number of nitrogens with one attached hydrogen (secondary N) is 1. The van der Waals surface area contributed by atoms with Crippen molar-refractivity contribution in [2.45, 2.75) is 31.9 Å². The number of alkyl halides is 3. The second-order valence-electron chi connectivity index (χ2n) is 4.56. The summed E-state index contributed by atoms with van der Waals surface area (Å²) in [5.41, 5.74) is 0. The standard InChI is InChI=1S/C11H15F3N2OS/c12-11(13,14)8-4-2-1-3-7(8)9(17)16-10-15-5-6-18-10/h7-8H,1-6H2,(H,15,16,17). The first-order valence-electron chi connectivity index (χ1n) is 6.03. The Morgan fingerprint density at radius 1 is 1.33 bits per heavy atom. The lowest BCUT2D eigenvalue weighted by atomic mass is 9.78. The number of carbonyl (C=O) groups excluding carboxylic acids is 1. The Morgan fingerprint density at radius 3 is 2.67 bits per heavy atom. The zero-order valence-electron chi connectivity index (χ0n) is 9.79. The van der Waals surface area contributed by atoms with Crippen molar-refractivity contribution in [2.75, 3.05) is 12.3 Å². The summed E-state index contributed by atoms with van der Waals surface area (Å²) < 4.78 is 38.5. The number of aliphatic imine (C=N–C) groups is 1. The number of amides is 1. The molecule has 102 valence electrons. The fraction of sp³-hybridized carbons (Fsp3) is 0.818. The highest BCUT2D eigenvalue weighted by molar-refractivity contribution is 8.14. The van der Waals surface area contributed by atoms with Crippen LogP contribution in [0, 0.1) is 11.8 Å². The predicted octanol–water partition coefficient (Wildman–Crippen LogP) is 2.57. The molecular weight excluding hydrogens is 265 g/mol. The summed E-state index contributed by atoms with van der Waals surface area (Å²) >= 11 is 1.38. The maximum Gasteiger partial charge on any atom is 0.392 e. The first-order chi connectivity index (χ1) is 8.48. The number of rotatable bonds is 1. The Balaban J connectivity index is 2.01. The number of hydrogen-bond acceptors (Lipinski definition) is 3. The summed E-state index contributed by atoms with van der Waals surface area (Å²) in [5.74, 6) is -2.20. The fourth-order valence-corrected chi connectivity index (χ4v) is 3.18. The highest BCUT2D eigenvalue weighted by Crippen LogP contribution is 2.41. The second-order valence-corrected chi connectivity index (χ2v) is 5.65. The molecule has 0 radical (unpaired) electrons. The van der Waals surface area contributed by atoms with Crippen LogP contribution in [-0.4, -0.2) is 29.5 Å². The lowest BCUT2D eigenvalue weighted by molar-refractivity contribution is -0.197. The number of thioether (sulfide) groups is 1. The van der Waals surface area contributed by atoms with Gasteiger partial charge in [0.05, 0.1) is 12.5 Å². The molecule has 0 spiro atoms. The van der Waals surface area contributed by atoms with Gasteiger partial charge in [-0.25, -0.2) is 0 Å². The Labute approximate surface area is 108 Å². The molecule has 0 saturated heterocycles. The van der Waals surface area contributed by atoms with Gasteiger partial charge in [0.15, 0.2) is 5.17 Å². The van der Waals surface area contributed by atoms with Crippen LogP contribution < -0.4 is 5.32 Å². The molecule has 2 atom stereocenters. The lowest BCUT2D eigenvalue weighted by Gasteiger charge is -2.31. The van der Waals surface area contributed by atoms with Crippen molar-refractivity contribution in [3.63, 3.8) is 0 Å². The first kappa shape index (κ1) is 13.7. The summed E-state index contributed by atoms with van der Waals surface area (Å²) in [7, 11) is 0. The molecule has 2 rings (SSSR count). The van der Waals surface area contributed by atoms with Gasteiger partial charge in [0.25, 0.3) is 0 Å². The number of carbonyl (C=O) groups is 1. The summed E-state index contributed by atoms with van der Waals surface area (Å²) in [5, 5.41) is 2.99. The van der Waals surface area contributed by atoms with Crippen molar-refractivity contribution in [3.05, 3.63) is 0 Å². The lowest BCUT2D eigenvalue weighted by Crippen LogP contribution is -2.43.